The van der Waals surface area contributed by atoms with Crippen LogP contribution in [0, 0.1) is 10.1 Å². The monoisotopic (exact) mass is 338 g/mol. The summed E-state index contributed by atoms with van der Waals surface area (Å²) in [5.74, 6) is 0.618. The zero-order chi connectivity index (χ0) is 17.6. The van der Waals surface area contributed by atoms with Crippen LogP contribution < -0.4 is 15.6 Å². The molecule has 126 valence electrons. The predicted molar refractivity (Wildman–Crippen MR) is 93.1 cm³/mol. The van der Waals surface area contributed by atoms with Crippen molar-refractivity contribution < 1.29 is 9.66 Å². The largest absolute Gasteiger partial charge is 0.489 e. The molecule has 0 fully saturated rings. The van der Waals surface area contributed by atoms with Crippen LogP contribution in [-0.4, -0.2) is 28.1 Å². The van der Waals surface area contributed by atoms with Crippen LogP contribution >= 0.6 is 0 Å². The highest BCUT2D eigenvalue weighted by Gasteiger charge is 2.22. The third kappa shape index (κ3) is 2.30. The van der Waals surface area contributed by atoms with E-state index in [2.05, 4.69) is 10.3 Å². The number of nitrogens with one attached hydrogen (secondary N) is 1. The molecule has 3 aromatic rings. The highest BCUT2D eigenvalue weighted by Crippen LogP contribution is 2.32. The number of nitro benzene ring substituents is 1. The molecule has 2 aromatic carbocycles. The van der Waals surface area contributed by atoms with Crippen molar-refractivity contribution in [2.75, 3.05) is 19.0 Å². The average molecular weight is 338 g/mol. The Morgan fingerprint density at radius 2 is 2.16 bits per heavy atom. The fraction of sp³-hybridized carbons (Fsp3) is 0.176. The Morgan fingerprint density at radius 3 is 2.92 bits per heavy atom. The Bertz CT molecular complexity index is 1070. The summed E-state index contributed by atoms with van der Waals surface area (Å²) in [7, 11) is 1.69. The second kappa shape index (κ2) is 5.59. The van der Waals surface area contributed by atoms with Gasteiger partial charge in [0.2, 0.25) is 0 Å². The maximum Gasteiger partial charge on any atom is 0.277 e. The Balaban J connectivity index is 2.06. The minimum Gasteiger partial charge on any atom is -0.489 e. The van der Waals surface area contributed by atoms with Gasteiger partial charge in [-0.25, -0.2) is 4.98 Å². The fourth-order valence-corrected chi connectivity index (χ4v) is 3.08. The van der Waals surface area contributed by atoms with Crippen LogP contribution in [0.15, 0.2) is 41.2 Å². The number of rotatable bonds is 3. The lowest BCUT2D eigenvalue weighted by atomic mass is 10.1. The number of benzene rings is 2. The first-order chi connectivity index (χ1) is 12.1. The Morgan fingerprint density at radius 1 is 1.32 bits per heavy atom. The molecule has 2 heterocycles. The zero-order valence-corrected chi connectivity index (χ0v) is 13.4. The highest BCUT2D eigenvalue weighted by molar-refractivity contribution is 5.86. The van der Waals surface area contributed by atoms with Crippen LogP contribution in [-0.2, 0) is 6.54 Å². The van der Waals surface area contributed by atoms with Crippen molar-refractivity contribution in [3.63, 3.8) is 0 Å². The Labute approximate surface area is 141 Å². The maximum atomic E-state index is 13.0. The quantitative estimate of drug-likeness (QED) is 0.581. The normalized spacial score (nSPS) is 12.7. The molecular weight excluding hydrogens is 324 g/mol. The smallest absolute Gasteiger partial charge is 0.277 e. The van der Waals surface area contributed by atoms with Gasteiger partial charge in [-0.15, -0.1) is 0 Å². The number of hydrogen-bond donors (Lipinski definition) is 1. The third-order valence-electron chi connectivity index (χ3n) is 4.24. The van der Waals surface area contributed by atoms with Crippen LogP contribution in [0.1, 0.15) is 0 Å². The first-order valence-corrected chi connectivity index (χ1v) is 7.73. The molecule has 8 nitrogen and oxygen atoms in total. The molecule has 0 unspecified atom stereocenters. The van der Waals surface area contributed by atoms with Gasteiger partial charge in [0, 0.05) is 30.4 Å². The maximum absolute atomic E-state index is 13.0. The van der Waals surface area contributed by atoms with Gasteiger partial charge in [-0.2, -0.15) is 0 Å². The van der Waals surface area contributed by atoms with Gasteiger partial charge >= 0.3 is 0 Å². The van der Waals surface area contributed by atoms with Gasteiger partial charge in [0.1, 0.15) is 23.6 Å². The summed E-state index contributed by atoms with van der Waals surface area (Å²) in [6.07, 6.45) is 0. The molecule has 0 saturated carbocycles. The molecule has 0 aliphatic carbocycles. The van der Waals surface area contributed by atoms with Gasteiger partial charge in [-0.3, -0.25) is 19.5 Å². The average Bonchev–Trinajstić information content (AvgIpc) is 2.64. The Hall–Kier alpha value is -3.42. The molecule has 0 amide bonds. The first kappa shape index (κ1) is 15.1. The molecule has 0 atom stereocenters. The molecule has 25 heavy (non-hydrogen) atoms. The summed E-state index contributed by atoms with van der Waals surface area (Å²) >= 11 is 0. The lowest BCUT2D eigenvalue weighted by molar-refractivity contribution is -0.384. The summed E-state index contributed by atoms with van der Waals surface area (Å²) in [6, 6.07) is 9.74. The number of aromatic nitrogens is 2. The molecule has 8 heteroatoms. The zero-order valence-electron chi connectivity index (χ0n) is 13.4. The first-order valence-electron chi connectivity index (χ1n) is 7.73. The predicted octanol–water partition coefficient (Wildman–Crippen LogP) is 2.41. The summed E-state index contributed by atoms with van der Waals surface area (Å²) in [4.78, 5) is 28.1. The minimum absolute atomic E-state index is 0.0916. The van der Waals surface area contributed by atoms with Gasteiger partial charge in [-0.05, 0) is 18.2 Å². The molecule has 1 N–H and O–H groups in total. The van der Waals surface area contributed by atoms with E-state index in [1.165, 1.54) is 12.1 Å². The third-order valence-corrected chi connectivity index (χ3v) is 4.24. The standard InChI is InChI=1S/C17H14N4O4/c1-18-12-6-5-10(21(23)24)9-11(12)15-17(22)20-7-8-25-14-4-2-3-13(19-15)16(14)20/h2-6,9,18H,7-8H2,1H3. The van der Waals surface area contributed by atoms with Gasteiger partial charge in [0.05, 0.1) is 17.0 Å². The molecule has 1 aliphatic heterocycles. The molecule has 1 aliphatic rings. The van der Waals surface area contributed by atoms with Crippen LogP contribution in [0.25, 0.3) is 22.3 Å². The van der Waals surface area contributed by atoms with Crippen molar-refractivity contribution in [2.24, 2.45) is 0 Å². The minimum atomic E-state index is -0.489. The summed E-state index contributed by atoms with van der Waals surface area (Å²) in [5, 5.41) is 14.1. The molecule has 0 radical (unpaired) electrons. The van der Waals surface area contributed by atoms with Gasteiger partial charge in [-0.1, -0.05) is 6.07 Å². The summed E-state index contributed by atoms with van der Waals surface area (Å²) in [5.41, 5.74) is 2.07. The number of anilines is 1. The van der Waals surface area contributed by atoms with E-state index in [1.54, 1.807) is 35.9 Å². The van der Waals surface area contributed by atoms with Crippen molar-refractivity contribution in [1.82, 2.24) is 9.55 Å². The van der Waals surface area contributed by atoms with Crippen molar-refractivity contribution >= 4 is 22.4 Å². The van der Waals surface area contributed by atoms with Crippen LogP contribution in [0.5, 0.6) is 5.75 Å². The van der Waals surface area contributed by atoms with E-state index < -0.39 is 4.92 Å². The molecule has 0 saturated heterocycles. The fourth-order valence-electron chi connectivity index (χ4n) is 3.08. The van der Waals surface area contributed by atoms with Crippen LogP contribution in [0.2, 0.25) is 0 Å². The van der Waals surface area contributed by atoms with E-state index >= 15 is 0 Å². The molecular formula is C17H14N4O4. The van der Waals surface area contributed by atoms with Crippen LogP contribution in [0.4, 0.5) is 11.4 Å². The number of hydrogen-bond acceptors (Lipinski definition) is 6. The van der Waals surface area contributed by atoms with Gasteiger partial charge in [0.15, 0.2) is 0 Å². The second-order valence-corrected chi connectivity index (χ2v) is 5.63. The van der Waals surface area contributed by atoms with Crippen molar-refractivity contribution in [3.05, 3.63) is 56.9 Å². The van der Waals surface area contributed by atoms with Crippen molar-refractivity contribution in [2.45, 2.75) is 6.54 Å². The summed E-state index contributed by atoms with van der Waals surface area (Å²) in [6.45, 7) is 0.801. The number of nitro groups is 1. The lowest BCUT2D eigenvalue weighted by Crippen LogP contribution is -2.29. The molecule has 1 aromatic heterocycles. The van der Waals surface area contributed by atoms with Gasteiger partial charge < -0.3 is 10.1 Å². The topological polar surface area (TPSA) is 99.3 Å². The van der Waals surface area contributed by atoms with E-state index in [-0.39, 0.29) is 16.9 Å². The second-order valence-electron chi connectivity index (χ2n) is 5.63. The van der Waals surface area contributed by atoms with Crippen LogP contribution in [0.3, 0.4) is 0 Å². The SMILES string of the molecule is CNc1ccc([N+](=O)[O-])cc1-c1nc2cccc3c2n(c1=O)CCO3. The number of non-ortho nitro benzene ring substituents is 1. The summed E-state index contributed by atoms with van der Waals surface area (Å²) < 4.78 is 7.21. The van der Waals surface area contributed by atoms with E-state index in [1.807, 2.05) is 0 Å². The number of ether oxygens (including phenoxy) is 1. The van der Waals surface area contributed by atoms with Crippen molar-refractivity contribution in [1.29, 1.82) is 0 Å². The van der Waals surface area contributed by atoms with E-state index in [9.17, 15) is 14.9 Å². The number of nitrogens with zero attached hydrogens (tertiary/aromatic N) is 3. The van der Waals surface area contributed by atoms with E-state index in [0.717, 1.165) is 0 Å². The van der Waals surface area contributed by atoms with E-state index in [0.29, 0.717) is 41.2 Å². The van der Waals surface area contributed by atoms with Crippen molar-refractivity contribution in [3.8, 4) is 17.0 Å². The highest BCUT2D eigenvalue weighted by atomic mass is 16.6. The molecule has 4 rings (SSSR count). The lowest BCUT2D eigenvalue weighted by Gasteiger charge is -2.20. The van der Waals surface area contributed by atoms with Gasteiger partial charge in [0.25, 0.3) is 11.2 Å². The molecule has 0 spiro atoms. The molecule has 0 bridgehead atoms. The van der Waals surface area contributed by atoms with E-state index in [4.69, 9.17) is 4.74 Å². The Kier molecular flexibility index (Phi) is 3.38. The number of para-hydroxylation sites is 1.